The van der Waals surface area contributed by atoms with Crippen molar-refractivity contribution in [2.75, 3.05) is 20.1 Å². The Bertz CT molecular complexity index is 973. The first-order valence-corrected chi connectivity index (χ1v) is 9.95. The highest BCUT2D eigenvalue weighted by molar-refractivity contribution is 5.93. The van der Waals surface area contributed by atoms with E-state index in [4.69, 9.17) is 0 Å². The van der Waals surface area contributed by atoms with Crippen molar-refractivity contribution in [2.45, 2.75) is 24.8 Å². The van der Waals surface area contributed by atoms with Crippen LogP contribution in [0.3, 0.4) is 0 Å². The lowest BCUT2D eigenvalue weighted by atomic mass is 9.98. The zero-order chi connectivity index (χ0) is 19.1. The van der Waals surface area contributed by atoms with Gasteiger partial charge in [-0.05, 0) is 48.2 Å². The lowest BCUT2D eigenvalue weighted by molar-refractivity contribution is 0.0752. The first-order chi connectivity index (χ1) is 13.7. The highest BCUT2D eigenvalue weighted by Gasteiger charge is 2.34. The van der Waals surface area contributed by atoms with Crippen molar-refractivity contribution < 1.29 is 4.79 Å². The quantitative estimate of drug-likeness (QED) is 0.737. The number of nitrogens with zero attached hydrogens (tertiary/aromatic N) is 2. The molecule has 2 heterocycles. The highest BCUT2D eigenvalue weighted by atomic mass is 16.2. The molecule has 2 aliphatic rings. The molecule has 1 saturated heterocycles. The van der Waals surface area contributed by atoms with Gasteiger partial charge in [-0.3, -0.25) is 4.79 Å². The largest absolute Gasteiger partial charge is 0.338 e. The van der Waals surface area contributed by atoms with E-state index in [1.165, 1.54) is 22.3 Å². The third kappa shape index (κ3) is 2.74. The molecule has 2 N–H and O–H groups in total. The van der Waals surface area contributed by atoms with Crippen LogP contribution in [0.5, 0.6) is 0 Å². The average molecular weight is 372 g/mol. The topological polar surface area (TPSA) is 61.0 Å². The third-order valence-electron chi connectivity index (χ3n) is 6.06. The zero-order valence-corrected chi connectivity index (χ0v) is 16.0. The van der Waals surface area contributed by atoms with Crippen LogP contribution in [0.1, 0.15) is 52.2 Å². The fourth-order valence-corrected chi connectivity index (χ4v) is 4.60. The molecule has 0 saturated carbocycles. The van der Waals surface area contributed by atoms with Crippen LogP contribution in [0, 0.1) is 0 Å². The first-order valence-electron chi connectivity index (χ1n) is 9.95. The summed E-state index contributed by atoms with van der Waals surface area (Å²) < 4.78 is 0. The van der Waals surface area contributed by atoms with Crippen molar-refractivity contribution in [2.24, 2.45) is 0 Å². The Labute approximate surface area is 164 Å². The molecule has 0 radical (unpaired) electrons. The van der Waals surface area contributed by atoms with Crippen molar-refractivity contribution in [1.29, 1.82) is 0 Å². The molecule has 0 unspecified atom stereocenters. The molecule has 5 heteroatoms. The lowest BCUT2D eigenvalue weighted by Crippen LogP contribution is -2.31. The van der Waals surface area contributed by atoms with E-state index >= 15 is 0 Å². The third-order valence-corrected chi connectivity index (χ3v) is 6.06. The van der Waals surface area contributed by atoms with Crippen LogP contribution in [0.4, 0.5) is 0 Å². The Hall–Kier alpha value is -2.92. The summed E-state index contributed by atoms with van der Waals surface area (Å²) in [6.07, 6.45) is 3.81. The van der Waals surface area contributed by atoms with Crippen molar-refractivity contribution in [3.8, 4) is 11.1 Å². The van der Waals surface area contributed by atoms with Crippen LogP contribution in [0.15, 0.2) is 54.7 Å². The number of imidazole rings is 1. The summed E-state index contributed by atoms with van der Waals surface area (Å²) in [6, 6.07) is 16.6. The number of H-pyrrole nitrogens is 1. The number of hydrogen-bond donors (Lipinski definition) is 2. The number of benzene rings is 2. The van der Waals surface area contributed by atoms with E-state index in [1.54, 1.807) is 6.20 Å². The summed E-state index contributed by atoms with van der Waals surface area (Å²) >= 11 is 0. The minimum atomic E-state index is -0.0782. The Kier molecular flexibility index (Phi) is 4.24. The minimum Gasteiger partial charge on any atom is -0.338 e. The molecule has 1 aromatic heterocycles. The van der Waals surface area contributed by atoms with Gasteiger partial charge < -0.3 is 15.2 Å². The number of hydrogen-bond acceptors (Lipinski definition) is 3. The average Bonchev–Trinajstić information content (AvgIpc) is 3.37. The summed E-state index contributed by atoms with van der Waals surface area (Å²) in [5.41, 5.74) is 5.35. The molecule has 3 aromatic rings. The van der Waals surface area contributed by atoms with Crippen molar-refractivity contribution in [1.82, 2.24) is 20.2 Å². The van der Waals surface area contributed by atoms with Crippen LogP contribution < -0.4 is 5.32 Å². The number of nitrogens with one attached hydrogen (secondary N) is 2. The molecule has 5 rings (SSSR count). The number of piperidine rings is 1. The maximum absolute atomic E-state index is 13.3. The molecule has 1 amide bonds. The summed E-state index contributed by atoms with van der Waals surface area (Å²) in [6.45, 7) is 2.01. The van der Waals surface area contributed by atoms with Gasteiger partial charge in [0.05, 0.1) is 12.2 Å². The van der Waals surface area contributed by atoms with E-state index in [1.807, 2.05) is 24.1 Å². The predicted octanol–water partition coefficient (Wildman–Crippen LogP) is 3.72. The van der Waals surface area contributed by atoms with Gasteiger partial charge in [0, 0.05) is 13.0 Å². The van der Waals surface area contributed by atoms with E-state index < -0.39 is 0 Å². The molecule has 5 nitrogen and oxygen atoms in total. The fraction of sp³-hybridized carbons (Fsp3) is 0.304. The van der Waals surface area contributed by atoms with Gasteiger partial charge in [0.25, 0.3) is 5.91 Å². The smallest absolute Gasteiger partial charge is 0.272 e. The SMILES string of the molecule is CN(C(=O)c1cnc(C2CCNCC2)[nH]1)C1c2ccccc2-c2ccccc21. The van der Waals surface area contributed by atoms with Gasteiger partial charge in [0.15, 0.2) is 0 Å². The van der Waals surface area contributed by atoms with E-state index in [9.17, 15) is 4.79 Å². The van der Waals surface area contributed by atoms with E-state index in [2.05, 4.69) is 51.7 Å². The van der Waals surface area contributed by atoms with Crippen LogP contribution >= 0.6 is 0 Å². The Balaban J connectivity index is 1.46. The fourth-order valence-electron chi connectivity index (χ4n) is 4.60. The molecular weight excluding hydrogens is 348 g/mol. The zero-order valence-electron chi connectivity index (χ0n) is 16.0. The second-order valence-electron chi connectivity index (χ2n) is 7.70. The van der Waals surface area contributed by atoms with Crippen LogP contribution in [0.2, 0.25) is 0 Å². The van der Waals surface area contributed by atoms with Crippen LogP contribution in [-0.2, 0) is 0 Å². The van der Waals surface area contributed by atoms with E-state index in [0.717, 1.165) is 31.8 Å². The number of aromatic nitrogens is 2. The molecule has 2 aromatic carbocycles. The Morgan fingerprint density at radius 3 is 2.25 bits per heavy atom. The summed E-state index contributed by atoms with van der Waals surface area (Å²) in [7, 11) is 1.89. The normalized spacial score (nSPS) is 16.6. The van der Waals surface area contributed by atoms with Gasteiger partial charge in [-0.1, -0.05) is 48.5 Å². The number of carbonyl (C=O) groups excluding carboxylic acids is 1. The molecule has 0 bridgehead atoms. The number of rotatable bonds is 3. The van der Waals surface area contributed by atoms with E-state index in [-0.39, 0.29) is 11.9 Å². The minimum absolute atomic E-state index is 0.0239. The molecule has 28 heavy (non-hydrogen) atoms. The standard InChI is InChI=1S/C23H24N4O/c1-27(23(28)20-14-25-22(26-20)15-10-12-24-13-11-15)21-18-8-4-2-6-16(18)17-7-3-5-9-19(17)21/h2-9,14-15,21,24H,10-13H2,1H3,(H,25,26). The number of fused-ring (bicyclic) bond motifs is 3. The monoisotopic (exact) mass is 372 g/mol. The molecule has 142 valence electrons. The summed E-state index contributed by atoms with van der Waals surface area (Å²) in [5, 5.41) is 3.37. The maximum Gasteiger partial charge on any atom is 0.272 e. The number of amides is 1. The van der Waals surface area contributed by atoms with Crippen molar-refractivity contribution in [3.05, 3.63) is 77.4 Å². The summed E-state index contributed by atoms with van der Waals surface area (Å²) in [4.78, 5) is 23.0. The van der Waals surface area contributed by atoms with Gasteiger partial charge in [-0.2, -0.15) is 0 Å². The molecule has 1 aliphatic heterocycles. The van der Waals surface area contributed by atoms with Crippen LogP contribution in [0.25, 0.3) is 11.1 Å². The highest BCUT2D eigenvalue weighted by Crippen LogP contribution is 2.45. The van der Waals surface area contributed by atoms with Crippen molar-refractivity contribution in [3.63, 3.8) is 0 Å². The molecule has 1 aliphatic carbocycles. The van der Waals surface area contributed by atoms with Crippen LogP contribution in [-0.4, -0.2) is 40.9 Å². The molecular formula is C23H24N4O. The van der Waals surface area contributed by atoms with E-state index in [0.29, 0.717) is 11.6 Å². The lowest BCUT2D eigenvalue weighted by Gasteiger charge is -2.26. The molecule has 0 atom stereocenters. The second-order valence-corrected chi connectivity index (χ2v) is 7.70. The van der Waals surface area contributed by atoms with Gasteiger partial charge in [0.1, 0.15) is 11.5 Å². The molecule has 0 spiro atoms. The van der Waals surface area contributed by atoms with Gasteiger partial charge >= 0.3 is 0 Å². The predicted molar refractivity (Wildman–Crippen MR) is 109 cm³/mol. The van der Waals surface area contributed by atoms with Gasteiger partial charge in [-0.15, -0.1) is 0 Å². The van der Waals surface area contributed by atoms with Gasteiger partial charge in [-0.25, -0.2) is 4.98 Å². The summed E-state index contributed by atoms with van der Waals surface area (Å²) in [5.74, 6) is 1.32. The Morgan fingerprint density at radius 1 is 1.00 bits per heavy atom. The number of aromatic amines is 1. The van der Waals surface area contributed by atoms with Gasteiger partial charge in [0.2, 0.25) is 0 Å². The second kappa shape index (κ2) is 6.91. The first kappa shape index (κ1) is 17.2. The maximum atomic E-state index is 13.3. The number of carbonyl (C=O) groups is 1. The molecule has 1 fully saturated rings. The Morgan fingerprint density at radius 2 is 1.61 bits per heavy atom. The van der Waals surface area contributed by atoms with Crippen molar-refractivity contribution >= 4 is 5.91 Å².